The van der Waals surface area contributed by atoms with Crippen molar-refractivity contribution in [2.24, 2.45) is 11.8 Å². The fourth-order valence-corrected chi connectivity index (χ4v) is 3.34. The van der Waals surface area contributed by atoms with Crippen LogP contribution >= 0.6 is 11.6 Å². The predicted molar refractivity (Wildman–Crippen MR) is 154 cm³/mol. The molecule has 8 heteroatoms. The number of aliphatic hydroxyl groups excluding tert-OH is 1. The first-order valence-electron chi connectivity index (χ1n) is 13.6. The number of likely N-dealkylation sites (N-methyl/N-ethyl adjacent to an activating group) is 1. The molecule has 214 valence electrons. The molecule has 3 N–H and O–H groups in total. The fraction of sp³-hybridized carbons (Fsp3) is 0.821. The smallest absolute Gasteiger partial charge is 0.317 e. The summed E-state index contributed by atoms with van der Waals surface area (Å²) in [5.74, 6) is 1.07. The number of rotatable bonds is 8. The van der Waals surface area contributed by atoms with Crippen LogP contribution in [0.3, 0.4) is 0 Å². The maximum Gasteiger partial charge on any atom is 0.317 e. The van der Waals surface area contributed by atoms with Crippen LogP contribution in [0.25, 0.3) is 0 Å². The van der Waals surface area contributed by atoms with Crippen molar-refractivity contribution in [2.75, 3.05) is 60.2 Å². The van der Waals surface area contributed by atoms with Crippen molar-refractivity contribution in [1.29, 1.82) is 0 Å². The first-order chi connectivity index (χ1) is 17.3. The number of methoxy groups -OCH3 is 1. The molecular weight excluding hydrogens is 478 g/mol. The van der Waals surface area contributed by atoms with Gasteiger partial charge in [-0.05, 0) is 65.8 Å². The highest BCUT2D eigenvalue weighted by Gasteiger charge is 2.26. The molecule has 0 aromatic rings. The van der Waals surface area contributed by atoms with Crippen LogP contribution in [0.1, 0.15) is 73.1 Å². The van der Waals surface area contributed by atoms with Crippen molar-refractivity contribution in [1.82, 2.24) is 15.5 Å². The molecule has 0 spiro atoms. The highest BCUT2D eigenvalue weighted by atomic mass is 35.5. The van der Waals surface area contributed by atoms with E-state index >= 15 is 0 Å². The summed E-state index contributed by atoms with van der Waals surface area (Å²) in [6, 6.07) is -0.0253. The van der Waals surface area contributed by atoms with E-state index in [2.05, 4.69) is 24.5 Å². The van der Waals surface area contributed by atoms with Gasteiger partial charge in [-0.15, -0.1) is 0 Å². The van der Waals surface area contributed by atoms with E-state index in [0.29, 0.717) is 13.1 Å². The van der Waals surface area contributed by atoms with E-state index in [1.165, 1.54) is 25.7 Å². The number of amides is 2. The topological polar surface area (TPSA) is 83.1 Å². The third-order valence-electron chi connectivity index (χ3n) is 5.88. The maximum absolute atomic E-state index is 11.9. The zero-order valence-electron chi connectivity index (χ0n) is 24.2. The van der Waals surface area contributed by atoms with Crippen molar-refractivity contribution in [3.05, 3.63) is 23.3 Å². The molecule has 2 aliphatic rings. The Balaban J connectivity index is 0. The van der Waals surface area contributed by atoms with E-state index in [0.717, 1.165) is 56.7 Å². The number of likely N-dealkylation sites (tertiary alicyclic amines) is 1. The number of aliphatic hydroxyl groups is 1. The molecule has 0 aromatic carbocycles. The lowest BCUT2D eigenvalue weighted by Gasteiger charge is -2.34. The lowest BCUT2D eigenvalue weighted by molar-refractivity contribution is 0.0716. The van der Waals surface area contributed by atoms with Crippen LogP contribution in [-0.2, 0) is 9.47 Å². The van der Waals surface area contributed by atoms with Crippen LogP contribution in [0, 0.1) is 11.8 Å². The largest absolute Gasteiger partial charge is 0.389 e. The van der Waals surface area contributed by atoms with E-state index in [9.17, 15) is 9.90 Å². The zero-order valence-corrected chi connectivity index (χ0v) is 24.9. The Labute approximate surface area is 227 Å². The Bertz CT molecular complexity index is 547. The van der Waals surface area contributed by atoms with Gasteiger partial charge in [-0.3, -0.25) is 0 Å². The third-order valence-corrected chi connectivity index (χ3v) is 6.10. The molecule has 7 nitrogen and oxygen atoms in total. The zero-order chi connectivity index (χ0) is 27.6. The molecule has 36 heavy (non-hydrogen) atoms. The number of hydrogen-bond acceptors (Lipinski definition) is 5. The summed E-state index contributed by atoms with van der Waals surface area (Å²) in [5.41, 5.74) is 0. The molecule has 2 rings (SSSR count). The standard InChI is InChI=1S/C13H25N3O2.C6H12O.C5H12O.C4H7Cl/c1-3-5-12(17)11-6-4-9-16(10-11)13(18)15-8-7-14-2;1-6-2-4-7-5-3-6;1-3-4-5-6-2;1-3-4(2)5/h3,5,11-12,14,17H,4,6-10H2,1-2H3,(H,15,18);6H,2-5H2,1H3;3-5H2,1-2H3;3H,1-2H3/b5-3+;;;4-3+. The minimum atomic E-state index is -0.442. The van der Waals surface area contributed by atoms with Gasteiger partial charge in [-0.1, -0.05) is 50.1 Å². The second-order valence-corrected chi connectivity index (χ2v) is 9.81. The first-order valence-corrected chi connectivity index (χ1v) is 14.0. The van der Waals surface area contributed by atoms with Gasteiger partial charge < -0.3 is 30.1 Å². The molecule has 0 bridgehead atoms. The molecule has 0 radical (unpaired) electrons. The van der Waals surface area contributed by atoms with Crippen molar-refractivity contribution in [3.63, 3.8) is 0 Å². The molecule has 2 atom stereocenters. The summed E-state index contributed by atoms with van der Waals surface area (Å²) < 4.78 is 9.92. The van der Waals surface area contributed by atoms with Crippen LogP contribution in [0.4, 0.5) is 4.79 Å². The number of nitrogens with zero attached hydrogens (tertiary/aromatic N) is 1. The minimum absolute atomic E-state index is 0.0253. The number of ether oxygens (including phenoxy) is 2. The molecule has 2 amide bonds. The number of carbonyl (C=O) groups excluding carboxylic acids is 1. The highest BCUT2D eigenvalue weighted by Crippen LogP contribution is 2.20. The normalized spacial score (nSPS) is 19.2. The van der Waals surface area contributed by atoms with Gasteiger partial charge in [0.2, 0.25) is 0 Å². The number of unbranched alkanes of at least 4 members (excludes halogenated alkanes) is 1. The van der Waals surface area contributed by atoms with E-state index in [1.54, 1.807) is 18.1 Å². The lowest BCUT2D eigenvalue weighted by Crippen LogP contribution is -2.48. The fourth-order valence-electron chi connectivity index (χ4n) is 3.34. The number of hydrogen-bond donors (Lipinski definition) is 3. The summed E-state index contributed by atoms with van der Waals surface area (Å²) in [4.78, 5) is 13.7. The Morgan fingerprint density at radius 2 is 1.89 bits per heavy atom. The quantitative estimate of drug-likeness (QED) is 0.280. The summed E-state index contributed by atoms with van der Waals surface area (Å²) in [6.07, 6.45) is 11.9. The Kier molecular flexibility index (Phi) is 27.7. The Morgan fingerprint density at radius 1 is 1.25 bits per heavy atom. The van der Waals surface area contributed by atoms with Gasteiger partial charge in [-0.2, -0.15) is 0 Å². The van der Waals surface area contributed by atoms with Gasteiger partial charge in [0.25, 0.3) is 0 Å². The van der Waals surface area contributed by atoms with Crippen LogP contribution in [0.2, 0.25) is 0 Å². The van der Waals surface area contributed by atoms with Crippen LogP contribution in [0.5, 0.6) is 0 Å². The first kappa shape index (κ1) is 37.0. The minimum Gasteiger partial charge on any atom is -0.389 e. The SMILES string of the molecule is C/C=C(\C)Cl.C/C=C/C(O)C1CCCN(C(=O)NCCNC)C1.CC1CCOCC1.CCCCOC. The highest BCUT2D eigenvalue weighted by molar-refractivity contribution is 6.29. The van der Waals surface area contributed by atoms with Crippen LogP contribution in [-0.4, -0.2) is 82.3 Å². The monoisotopic (exact) mass is 533 g/mol. The molecule has 2 unspecified atom stereocenters. The predicted octanol–water partition coefficient (Wildman–Crippen LogP) is 5.58. The van der Waals surface area contributed by atoms with Gasteiger partial charge in [-0.25, -0.2) is 4.79 Å². The average molecular weight is 534 g/mol. The molecule has 0 aliphatic carbocycles. The second kappa shape index (κ2) is 26.9. The van der Waals surface area contributed by atoms with Gasteiger partial charge in [0.1, 0.15) is 0 Å². The van der Waals surface area contributed by atoms with Gasteiger partial charge in [0.15, 0.2) is 0 Å². The average Bonchev–Trinajstić information content (AvgIpc) is 2.89. The molecule has 2 fully saturated rings. The van der Waals surface area contributed by atoms with Crippen molar-refractivity contribution in [2.45, 2.75) is 79.2 Å². The summed E-state index contributed by atoms with van der Waals surface area (Å²) in [5, 5.41) is 16.6. The molecular formula is C28H56ClN3O4. The number of piperidine rings is 1. The summed E-state index contributed by atoms with van der Waals surface area (Å²) in [7, 11) is 3.59. The maximum atomic E-state index is 11.9. The summed E-state index contributed by atoms with van der Waals surface area (Å²) in [6.45, 7) is 15.8. The van der Waals surface area contributed by atoms with Gasteiger partial charge in [0, 0.05) is 64.1 Å². The Morgan fingerprint density at radius 3 is 2.31 bits per heavy atom. The molecule has 2 heterocycles. The van der Waals surface area contributed by atoms with E-state index in [1.807, 2.05) is 40.0 Å². The van der Waals surface area contributed by atoms with Crippen LogP contribution < -0.4 is 10.6 Å². The number of nitrogens with one attached hydrogen (secondary N) is 2. The van der Waals surface area contributed by atoms with Crippen molar-refractivity contribution in [3.8, 4) is 0 Å². The molecule has 0 saturated carbocycles. The molecule has 2 aliphatic heterocycles. The van der Waals surface area contributed by atoms with E-state index in [-0.39, 0.29) is 11.9 Å². The molecule has 2 saturated heterocycles. The van der Waals surface area contributed by atoms with E-state index in [4.69, 9.17) is 21.1 Å². The molecule has 0 aromatic heterocycles. The Hall–Kier alpha value is -1.12. The number of carbonyl (C=O) groups is 1. The van der Waals surface area contributed by atoms with Crippen molar-refractivity contribution < 1.29 is 19.4 Å². The van der Waals surface area contributed by atoms with Crippen LogP contribution in [0.15, 0.2) is 23.3 Å². The second-order valence-electron chi connectivity index (χ2n) is 9.22. The van der Waals surface area contributed by atoms with Gasteiger partial charge >= 0.3 is 6.03 Å². The summed E-state index contributed by atoms with van der Waals surface area (Å²) >= 11 is 5.32. The third kappa shape index (κ3) is 23.3. The number of halogens is 1. The van der Waals surface area contributed by atoms with Crippen molar-refractivity contribution >= 4 is 17.6 Å². The number of allylic oxidation sites excluding steroid dienone is 3. The lowest BCUT2D eigenvalue weighted by atomic mass is 9.92. The van der Waals surface area contributed by atoms with E-state index < -0.39 is 6.10 Å². The van der Waals surface area contributed by atoms with Gasteiger partial charge in [0.05, 0.1) is 6.10 Å². The number of urea groups is 1.